The number of hydrogen-bond donors (Lipinski definition) is 2. The van der Waals surface area contributed by atoms with Crippen molar-refractivity contribution < 1.29 is 9.84 Å². The van der Waals surface area contributed by atoms with E-state index in [1.165, 1.54) is 0 Å². The number of nitrogens with zero attached hydrogens (tertiary/aromatic N) is 2. The summed E-state index contributed by atoms with van der Waals surface area (Å²) in [7, 11) is 0. The molecule has 2 aromatic rings. The maximum atomic E-state index is 12.4. The van der Waals surface area contributed by atoms with Crippen LogP contribution in [-0.2, 0) is 11.3 Å². The maximum Gasteiger partial charge on any atom is 0.258 e. The summed E-state index contributed by atoms with van der Waals surface area (Å²) in [4.78, 5) is 22.2. The molecular weight excluding hydrogens is 354 g/mol. The molecule has 1 atom stereocenters. The zero-order valence-corrected chi connectivity index (χ0v) is 15.5. The molecule has 7 heteroatoms. The Hall–Kier alpha value is -1.47. The summed E-state index contributed by atoms with van der Waals surface area (Å²) in [5, 5.41) is 10.8. The summed E-state index contributed by atoms with van der Waals surface area (Å²) in [5.74, 6) is 0.632. The Bertz CT molecular complexity index is 848. The Morgan fingerprint density at radius 2 is 2.15 bits per heavy atom. The molecule has 2 aliphatic heterocycles. The van der Waals surface area contributed by atoms with E-state index in [1.54, 1.807) is 18.2 Å². The van der Waals surface area contributed by atoms with E-state index in [-0.39, 0.29) is 23.6 Å². The number of aliphatic hydroxyl groups is 1. The molecule has 6 nitrogen and oxygen atoms in total. The van der Waals surface area contributed by atoms with Gasteiger partial charge in [-0.3, -0.25) is 9.69 Å². The topological polar surface area (TPSA) is 78.5 Å². The number of benzene rings is 1. The van der Waals surface area contributed by atoms with Crippen LogP contribution in [0.3, 0.4) is 0 Å². The van der Waals surface area contributed by atoms with Gasteiger partial charge in [0.1, 0.15) is 5.82 Å². The van der Waals surface area contributed by atoms with Gasteiger partial charge in [-0.1, -0.05) is 11.6 Å². The van der Waals surface area contributed by atoms with Gasteiger partial charge in [0.15, 0.2) is 0 Å². The highest BCUT2D eigenvalue weighted by atomic mass is 35.5. The summed E-state index contributed by atoms with van der Waals surface area (Å²) in [6, 6.07) is 5.26. The number of H-pyrrole nitrogens is 1. The van der Waals surface area contributed by atoms with Crippen LogP contribution in [-0.4, -0.2) is 52.4 Å². The van der Waals surface area contributed by atoms with E-state index < -0.39 is 0 Å². The Morgan fingerprint density at radius 1 is 1.35 bits per heavy atom. The first kappa shape index (κ1) is 17.9. The molecule has 4 rings (SSSR count). The number of hydrogen-bond acceptors (Lipinski definition) is 5. The molecule has 1 aromatic heterocycles. The van der Waals surface area contributed by atoms with Crippen LogP contribution < -0.4 is 5.56 Å². The number of halogens is 1. The number of piperidine rings is 1. The molecular formula is C19H24ClN3O3. The lowest BCUT2D eigenvalue weighted by atomic mass is 9.72. The van der Waals surface area contributed by atoms with Gasteiger partial charge < -0.3 is 14.8 Å². The Morgan fingerprint density at radius 3 is 2.92 bits per heavy atom. The van der Waals surface area contributed by atoms with Gasteiger partial charge in [0.2, 0.25) is 0 Å². The van der Waals surface area contributed by atoms with Crippen molar-refractivity contribution in [2.75, 3.05) is 26.4 Å². The van der Waals surface area contributed by atoms with E-state index in [4.69, 9.17) is 16.3 Å². The molecule has 26 heavy (non-hydrogen) atoms. The predicted molar refractivity (Wildman–Crippen MR) is 100 cm³/mol. The van der Waals surface area contributed by atoms with Crippen molar-refractivity contribution in [2.45, 2.75) is 38.3 Å². The minimum atomic E-state index is -0.175. The number of aromatic amines is 1. The number of aliphatic hydroxyl groups excluding tert-OH is 1. The minimum Gasteiger partial charge on any atom is -0.395 e. The molecule has 0 saturated carbocycles. The normalized spacial score (nSPS) is 23.5. The first-order valence-corrected chi connectivity index (χ1v) is 9.57. The van der Waals surface area contributed by atoms with Crippen molar-refractivity contribution in [2.24, 2.45) is 5.41 Å². The SMILES string of the molecule is O=c1[nH]c(CN2CC3(CCOCC3)CCC2CO)nc2ccc(Cl)cc12. The second kappa shape index (κ2) is 7.27. The average molecular weight is 378 g/mol. The van der Waals surface area contributed by atoms with E-state index in [2.05, 4.69) is 14.9 Å². The summed E-state index contributed by atoms with van der Waals surface area (Å²) in [6.07, 6.45) is 4.20. The standard InChI is InChI=1S/C19H24ClN3O3/c20-13-1-2-16-15(9-13)18(25)22-17(21-16)10-23-12-19(4-3-14(23)11-24)5-7-26-8-6-19/h1-2,9,14,24H,3-8,10-12H2,(H,21,22,25). The second-order valence-electron chi connectivity index (χ2n) is 7.57. The fourth-order valence-electron chi connectivity index (χ4n) is 4.33. The van der Waals surface area contributed by atoms with Crippen molar-refractivity contribution in [1.29, 1.82) is 0 Å². The molecule has 3 heterocycles. The summed E-state index contributed by atoms with van der Waals surface area (Å²) < 4.78 is 5.54. The summed E-state index contributed by atoms with van der Waals surface area (Å²) in [5.41, 5.74) is 0.728. The van der Waals surface area contributed by atoms with Crippen molar-refractivity contribution >= 4 is 22.5 Å². The van der Waals surface area contributed by atoms with Gasteiger partial charge in [-0.25, -0.2) is 4.98 Å². The predicted octanol–water partition coefficient (Wildman–Crippen LogP) is 2.33. The third-order valence-corrected chi connectivity index (χ3v) is 6.13. The van der Waals surface area contributed by atoms with Crippen molar-refractivity contribution in [1.82, 2.24) is 14.9 Å². The number of rotatable bonds is 3. The lowest BCUT2D eigenvalue weighted by Crippen LogP contribution is -2.51. The fourth-order valence-corrected chi connectivity index (χ4v) is 4.50. The zero-order valence-electron chi connectivity index (χ0n) is 14.7. The molecule has 2 aliphatic rings. The second-order valence-corrected chi connectivity index (χ2v) is 8.00. The van der Waals surface area contributed by atoms with Gasteiger partial charge >= 0.3 is 0 Å². The van der Waals surface area contributed by atoms with Gasteiger partial charge in [-0.05, 0) is 49.3 Å². The highest BCUT2D eigenvalue weighted by Crippen LogP contribution is 2.41. The van der Waals surface area contributed by atoms with Gasteiger partial charge in [0.05, 0.1) is 24.1 Å². The molecule has 2 N–H and O–H groups in total. The van der Waals surface area contributed by atoms with E-state index in [0.717, 1.165) is 45.4 Å². The molecule has 2 saturated heterocycles. The number of aromatic nitrogens is 2. The Kier molecular flexibility index (Phi) is 5.01. The Balaban J connectivity index is 1.60. The highest BCUT2D eigenvalue weighted by molar-refractivity contribution is 6.31. The molecule has 0 aliphatic carbocycles. The molecule has 0 radical (unpaired) electrons. The van der Waals surface area contributed by atoms with E-state index in [0.29, 0.717) is 28.3 Å². The molecule has 1 aromatic carbocycles. The van der Waals surface area contributed by atoms with Gasteiger partial charge in [-0.15, -0.1) is 0 Å². The zero-order chi connectivity index (χ0) is 18.1. The molecule has 0 bridgehead atoms. The molecule has 1 unspecified atom stereocenters. The molecule has 140 valence electrons. The van der Waals surface area contributed by atoms with Crippen LogP contribution in [0.2, 0.25) is 5.02 Å². The smallest absolute Gasteiger partial charge is 0.258 e. The number of fused-ring (bicyclic) bond motifs is 1. The number of ether oxygens (including phenoxy) is 1. The quantitative estimate of drug-likeness (QED) is 0.858. The number of likely N-dealkylation sites (tertiary alicyclic amines) is 1. The van der Waals surface area contributed by atoms with E-state index in [1.807, 2.05) is 0 Å². The molecule has 2 fully saturated rings. The third-order valence-electron chi connectivity index (χ3n) is 5.90. The van der Waals surface area contributed by atoms with Crippen LogP contribution in [0.5, 0.6) is 0 Å². The van der Waals surface area contributed by atoms with Crippen LogP contribution in [0.25, 0.3) is 10.9 Å². The van der Waals surface area contributed by atoms with Crippen LogP contribution in [0.15, 0.2) is 23.0 Å². The first-order chi connectivity index (χ1) is 12.6. The fraction of sp³-hybridized carbons (Fsp3) is 0.579. The largest absolute Gasteiger partial charge is 0.395 e. The summed E-state index contributed by atoms with van der Waals surface area (Å²) in [6.45, 7) is 3.18. The number of nitrogens with one attached hydrogen (secondary N) is 1. The van der Waals surface area contributed by atoms with Crippen LogP contribution in [0.4, 0.5) is 0 Å². The maximum absolute atomic E-state index is 12.4. The molecule has 1 spiro atoms. The van der Waals surface area contributed by atoms with Crippen LogP contribution in [0, 0.1) is 5.41 Å². The van der Waals surface area contributed by atoms with Gasteiger partial charge in [-0.2, -0.15) is 0 Å². The van der Waals surface area contributed by atoms with Gasteiger partial charge in [0, 0.05) is 30.8 Å². The highest BCUT2D eigenvalue weighted by Gasteiger charge is 2.40. The van der Waals surface area contributed by atoms with Crippen LogP contribution >= 0.6 is 11.6 Å². The van der Waals surface area contributed by atoms with Crippen molar-refractivity contribution in [3.63, 3.8) is 0 Å². The molecule has 0 amide bonds. The lowest BCUT2D eigenvalue weighted by molar-refractivity contribution is -0.0556. The van der Waals surface area contributed by atoms with Crippen molar-refractivity contribution in [3.05, 3.63) is 39.4 Å². The van der Waals surface area contributed by atoms with Gasteiger partial charge in [0.25, 0.3) is 5.56 Å². The Labute approximate surface area is 157 Å². The van der Waals surface area contributed by atoms with E-state index in [9.17, 15) is 9.90 Å². The average Bonchev–Trinajstić information content (AvgIpc) is 2.63. The van der Waals surface area contributed by atoms with E-state index >= 15 is 0 Å². The summed E-state index contributed by atoms with van der Waals surface area (Å²) >= 11 is 5.98. The van der Waals surface area contributed by atoms with Crippen molar-refractivity contribution in [3.8, 4) is 0 Å². The monoisotopic (exact) mass is 377 g/mol. The first-order valence-electron chi connectivity index (χ1n) is 9.20. The minimum absolute atomic E-state index is 0.106. The van der Waals surface area contributed by atoms with Crippen LogP contribution in [0.1, 0.15) is 31.5 Å². The third kappa shape index (κ3) is 3.51. The lowest BCUT2D eigenvalue weighted by Gasteiger charge is -2.48.